The molecule has 0 spiro atoms. The number of aliphatic hydroxyl groups is 8. The molecule has 0 rings (SSSR count). The molecule has 0 radical (unpaired) electrons. The number of hydrogen-bond donors (Lipinski definition) is 9. The first kappa shape index (κ1) is 46.1. The van der Waals surface area contributed by atoms with Gasteiger partial charge in [-0.05, 0) is 44.4 Å². The van der Waals surface area contributed by atoms with Crippen LogP contribution in [0.15, 0.2) is 0 Å². The van der Waals surface area contributed by atoms with E-state index >= 15 is 0 Å². The van der Waals surface area contributed by atoms with Gasteiger partial charge in [-0.2, -0.15) is 0 Å². The molecular formula is C28H57NO12. The summed E-state index contributed by atoms with van der Waals surface area (Å²) in [6.45, 7) is 17.7. The molecule has 0 aromatic carbocycles. The number of carbonyl (C=O) groups is 4. The molecule has 0 fully saturated rings. The van der Waals surface area contributed by atoms with E-state index < -0.39 is 54.7 Å². The molecule has 0 unspecified atom stereocenters. The maximum Gasteiger partial charge on any atom is 0.251 e. The first-order valence-electron chi connectivity index (χ1n) is 13.6. The number of ketones is 3. The summed E-state index contributed by atoms with van der Waals surface area (Å²) < 4.78 is 0. The van der Waals surface area contributed by atoms with Crippen molar-refractivity contribution in [2.24, 2.45) is 23.7 Å². The number of nitrogens with one attached hydrogen (secondary N) is 1. The summed E-state index contributed by atoms with van der Waals surface area (Å²) >= 11 is 0. The molecule has 0 aliphatic rings. The second-order valence-electron chi connectivity index (χ2n) is 11.2. The molecule has 0 aromatic heterocycles. The zero-order valence-corrected chi connectivity index (χ0v) is 26.6. The topological polar surface area (TPSA) is 242 Å². The second-order valence-corrected chi connectivity index (χ2v) is 11.2. The molecule has 0 saturated carbocycles. The van der Waals surface area contributed by atoms with Crippen molar-refractivity contribution < 1.29 is 60.0 Å². The molecule has 0 heterocycles. The number of carbonyl (C=O) groups excluding carboxylic acids is 4. The van der Waals surface area contributed by atoms with Crippen LogP contribution in [0.5, 0.6) is 0 Å². The first-order chi connectivity index (χ1) is 18.4. The molecule has 0 aliphatic heterocycles. The zero-order valence-electron chi connectivity index (χ0n) is 26.6. The van der Waals surface area contributed by atoms with Crippen molar-refractivity contribution in [1.29, 1.82) is 0 Å². The van der Waals surface area contributed by atoms with Crippen LogP contribution in [0.25, 0.3) is 0 Å². The summed E-state index contributed by atoms with van der Waals surface area (Å²) in [7, 11) is 1.42. The van der Waals surface area contributed by atoms with Crippen molar-refractivity contribution in [3.05, 3.63) is 0 Å². The van der Waals surface area contributed by atoms with Crippen LogP contribution >= 0.6 is 0 Å². The second kappa shape index (κ2) is 23.7. The third-order valence-corrected chi connectivity index (χ3v) is 5.79. The lowest BCUT2D eigenvalue weighted by Gasteiger charge is -2.19. The summed E-state index contributed by atoms with van der Waals surface area (Å²) in [5.41, 5.74) is 0. The molecular weight excluding hydrogens is 542 g/mol. The van der Waals surface area contributed by atoms with Crippen molar-refractivity contribution in [1.82, 2.24) is 5.32 Å². The number of rotatable bonds is 12. The molecule has 41 heavy (non-hydrogen) atoms. The van der Waals surface area contributed by atoms with E-state index in [1.807, 2.05) is 0 Å². The van der Waals surface area contributed by atoms with Crippen LogP contribution in [-0.2, 0) is 19.2 Å². The molecule has 9 N–H and O–H groups in total. The van der Waals surface area contributed by atoms with Gasteiger partial charge in [0.1, 0.15) is 18.3 Å². The van der Waals surface area contributed by atoms with Crippen LogP contribution in [0.4, 0.5) is 0 Å². The van der Waals surface area contributed by atoms with Gasteiger partial charge < -0.3 is 46.2 Å². The molecule has 246 valence electrons. The van der Waals surface area contributed by atoms with Gasteiger partial charge in [0.2, 0.25) is 0 Å². The summed E-state index contributed by atoms with van der Waals surface area (Å²) in [5.74, 6) is -2.09. The smallest absolute Gasteiger partial charge is 0.251 e. The lowest BCUT2D eigenvalue weighted by atomic mass is 10.00. The van der Waals surface area contributed by atoms with Crippen LogP contribution in [0.1, 0.15) is 76.2 Å². The van der Waals surface area contributed by atoms with Crippen LogP contribution < -0.4 is 5.32 Å². The largest absolute Gasteiger partial charge is 0.390 e. The highest BCUT2D eigenvalue weighted by molar-refractivity contribution is 5.81. The molecule has 0 bridgehead atoms. The molecule has 0 aromatic rings. The SMILES string of the molecule is CC(=O)[C@@H](O)[C@@H](O)C(C)C.CC(=O)[C@H](O)[C@H](O)C(C)C.CC(=O)[C@H](O)[C@H](O)C(C)C.CNC(=O)[C@@H](O)[C@@H](O)C(C)C. The van der Waals surface area contributed by atoms with Gasteiger partial charge in [-0.15, -0.1) is 0 Å². The van der Waals surface area contributed by atoms with Crippen LogP contribution in [0.2, 0.25) is 0 Å². The first-order valence-corrected chi connectivity index (χ1v) is 13.6. The van der Waals surface area contributed by atoms with Gasteiger partial charge in [-0.3, -0.25) is 19.2 Å². The highest BCUT2D eigenvalue weighted by Crippen LogP contribution is 2.08. The Balaban J connectivity index is -0.000000223. The van der Waals surface area contributed by atoms with E-state index in [-0.39, 0.29) is 41.0 Å². The lowest BCUT2D eigenvalue weighted by Crippen LogP contribution is -2.42. The minimum atomic E-state index is -1.32. The average Bonchev–Trinajstić information content (AvgIpc) is 2.89. The van der Waals surface area contributed by atoms with Crippen molar-refractivity contribution in [3.8, 4) is 0 Å². The van der Waals surface area contributed by atoms with Gasteiger partial charge in [0.15, 0.2) is 23.5 Å². The van der Waals surface area contributed by atoms with Crippen LogP contribution in [0.3, 0.4) is 0 Å². The fraction of sp³-hybridized carbons (Fsp3) is 0.857. The van der Waals surface area contributed by atoms with Crippen molar-refractivity contribution in [3.63, 3.8) is 0 Å². The standard InChI is InChI=1S/C7H15NO3.3C7H14O3/c1-4(2)5(9)6(10)7(11)8-3;3*1-4(2)6(9)7(10)5(3)8/h4-6,9-10H,1-3H3,(H,8,11);3*4,6-7,9-10H,1-3H3/t5-,6-;3*6-,7+/m0110/s1. The van der Waals surface area contributed by atoms with Crippen molar-refractivity contribution >= 4 is 23.3 Å². The Morgan fingerprint density at radius 2 is 0.585 bits per heavy atom. The van der Waals surface area contributed by atoms with Crippen molar-refractivity contribution in [2.75, 3.05) is 7.05 Å². The van der Waals surface area contributed by atoms with E-state index in [2.05, 4.69) is 5.32 Å². The number of likely N-dealkylation sites (N-methyl/N-ethyl adjacent to an activating group) is 1. The van der Waals surface area contributed by atoms with Gasteiger partial charge in [-0.1, -0.05) is 55.4 Å². The van der Waals surface area contributed by atoms with E-state index in [0.717, 1.165) is 0 Å². The fourth-order valence-electron chi connectivity index (χ4n) is 2.48. The normalized spacial score (nSPS) is 16.8. The molecule has 1 amide bonds. The lowest BCUT2D eigenvalue weighted by molar-refractivity contribution is -0.136. The van der Waals surface area contributed by atoms with Gasteiger partial charge in [0.05, 0.1) is 24.4 Å². The maximum absolute atomic E-state index is 10.7. The monoisotopic (exact) mass is 599 g/mol. The Kier molecular flexibility index (Phi) is 26.7. The zero-order chi connectivity index (χ0) is 33.9. The summed E-state index contributed by atoms with van der Waals surface area (Å²) in [4.78, 5) is 42.2. The van der Waals surface area contributed by atoms with Crippen molar-refractivity contribution in [2.45, 2.75) is 125 Å². The van der Waals surface area contributed by atoms with E-state index in [4.69, 9.17) is 35.7 Å². The Morgan fingerprint density at radius 3 is 0.683 bits per heavy atom. The Labute approximate surface area is 244 Å². The molecule has 0 saturated heterocycles. The molecule has 13 heteroatoms. The number of aliphatic hydroxyl groups excluding tert-OH is 8. The van der Waals surface area contributed by atoms with E-state index in [1.54, 1.807) is 55.4 Å². The Bertz CT molecular complexity index is 670. The Morgan fingerprint density at radius 1 is 0.415 bits per heavy atom. The summed E-state index contributed by atoms with van der Waals surface area (Å²) in [6, 6.07) is 0. The van der Waals surface area contributed by atoms with Gasteiger partial charge in [-0.25, -0.2) is 0 Å². The average molecular weight is 600 g/mol. The minimum Gasteiger partial charge on any atom is -0.390 e. The predicted molar refractivity (Wildman–Crippen MR) is 154 cm³/mol. The van der Waals surface area contributed by atoms with Gasteiger partial charge in [0, 0.05) is 7.05 Å². The van der Waals surface area contributed by atoms with Crippen LogP contribution in [0, 0.1) is 23.7 Å². The van der Waals surface area contributed by atoms with E-state index in [0.29, 0.717) is 0 Å². The number of amides is 1. The quantitative estimate of drug-likeness (QED) is 0.131. The van der Waals surface area contributed by atoms with Gasteiger partial charge >= 0.3 is 0 Å². The fourth-order valence-corrected chi connectivity index (χ4v) is 2.48. The maximum atomic E-state index is 10.7. The minimum absolute atomic E-state index is 0.0844. The summed E-state index contributed by atoms with van der Waals surface area (Å²) in [6.07, 6.45) is -8.78. The highest BCUT2D eigenvalue weighted by atomic mass is 16.4. The molecule has 8 atom stereocenters. The van der Waals surface area contributed by atoms with E-state index in [9.17, 15) is 24.3 Å². The Hall–Kier alpha value is -1.84. The molecule has 13 nitrogen and oxygen atoms in total. The third-order valence-electron chi connectivity index (χ3n) is 5.79. The number of hydrogen-bond acceptors (Lipinski definition) is 12. The predicted octanol–water partition coefficient (Wildman–Crippen LogP) is -1.03. The highest BCUT2D eigenvalue weighted by Gasteiger charge is 2.26. The third kappa shape index (κ3) is 21.5. The molecule has 0 aliphatic carbocycles. The van der Waals surface area contributed by atoms with Gasteiger partial charge in [0.25, 0.3) is 5.91 Å². The summed E-state index contributed by atoms with van der Waals surface area (Å²) in [5, 5.41) is 74.7. The van der Waals surface area contributed by atoms with Crippen LogP contribution in [-0.4, -0.2) is 120 Å². The van der Waals surface area contributed by atoms with E-state index in [1.165, 1.54) is 27.8 Å². The number of Topliss-reactive ketones (excluding diaryl/α,β-unsaturated/α-hetero) is 3.